The topological polar surface area (TPSA) is 103 Å². The molecule has 0 spiro atoms. The molecule has 0 aliphatic carbocycles. The zero-order valence-electron chi connectivity index (χ0n) is 21.5. The van der Waals surface area contributed by atoms with Crippen molar-refractivity contribution < 1.29 is 19.1 Å². The highest BCUT2D eigenvalue weighted by atomic mass is 32.1. The highest BCUT2D eigenvalue weighted by Crippen LogP contribution is 2.14. The van der Waals surface area contributed by atoms with Gasteiger partial charge in [0.2, 0.25) is 5.91 Å². The molecule has 196 valence electrons. The van der Waals surface area contributed by atoms with Crippen LogP contribution in [0.1, 0.15) is 42.4 Å². The molecule has 2 heterocycles. The van der Waals surface area contributed by atoms with Crippen LogP contribution in [0.25, 0.3) is 0 Å². The number of hydrogen-bond donors (Lipinski definition) is 3. The number of thiophene rings is 1. The van der Waals surface area contributed by atoms with Crippen LogP contribution in [0.15, 0.2) is 41.8 Å². The summed E-state index contributed by atoms with van der Waals surface area (Å²) in [4.78, 5) is 43.8. The molecule has 3 rings (SSSR count). The lowest BCUT2D eigenvalue weighted by Gasteiger charge is -2.33. The first-order valence-electron chi connectivity index (χ1n) is 12.2. The smallest absolute Gasteiger partial charge is 0.408 e. The third kappa shape index (κ3) is 9.25. The fourth-order valence-electron chi connectivity index (χ4n) is 3.75. The van der Waals surface area contributed by atoms with Crippen LogP contribution < -0.4 is 16.0 Å². The number of piperazine rings is 1. The second-order valence-corrected chi connectivity index (χ2v) is 11.0. The second-order valence-electron chi connectivity index (χ2n) is 9.96. The van der Waals surface area contributed by atoms with Crippen LogP contribution in [0.5, 0.6) is 0 Å². The summed E-state index contributed by atoms with van der Waals surface area (Å²) in [5, 5.41) is 10.4. The van der Waals surface area contributed by atoms with E-state index in [0.717, 1.165) is 31.1 Å². The molecule has 3 N–H and O–H groups in total. The number of carbonyl (C=O) groups is 3. The van der Waals surface area contributed by atoms with E-state index in [4.69, 9.17) is 4.74 Å². The largest absolute Gasteiger partial charge is 0.444 e. The molecular formula is C26H37N5O4S. The number of anilines is 1. The Kier molecular flexibility index (Phi) is 9.86. The number of rotatable bonds is 9. The van der Waals surface area contributed by atoms with Crippen molar-refractivity contribution in [1.29, 1.82) is 0 Å². The quantitative estimate of drug-likeness (QED) is 0.474. The summed E-state index contributed by atoms with van der Waals surface area (Å²) in [6.07, 6.45) is -0.196. The number of likely N-dealkylation sites (N-methyl/N-ethyl adjacent to an activating group) is 1. The molecule has 3 amide bonds. The van der Waals surface area contributed by atoms with Gasteiger partial charge in [0.15, 0.2) is 0 Å². The van der Waals surface area contributed by atoms with Gasteiger partial charge >= 0.3 is 6.09 Å². The van der Waals surface area contributed by atoms with Crippen molar-refractivity contribution in [3.63, 3.8) is 0 Å². The van der Waals surface area contributed by atoms with Gasteiger partial charge in [-0.25, -0.2) is 4.79 Å². The molecule has 1 unspecified atom stereocenters. The fourth-order valence-corrected chi connectivity index (χ4v) is 4.40. The summed E-state index contributed by atoms with van der Waals surface area (Å²) >= 11 is 1.58. The van der Waals surface area contributed by atoms with E-state index in [-0.39, 0.29) is 11.8 Å². The molecule has 1 fully saturated rings. The Hall–Kier alpha value is -2.95. The lowest BCUT2D eigenvalue weighted by molar-refractivity contribution is -0.118. The zero-order valence-corrected chi connectivity index (χ0v) is 22.3. The van der Waals surface area contributed by atoms with Gasteiger partial charge < -0.3 is 30.5 Å². The first-order chi connectivity index (χ1) is 17.1. The fraction of sp³-hybridized carbons (Fsp3) is 0.500. The number of nitrogens with one attached hydrogen (secondary N) is 3. The van der Waals surface area contributed by atoms with Gasteiger partial charge in [0.1, 0.15) is 11.6 Å². The van der Waals surface area contributed by atoms with Crippen LogP contribution in [0, 0.1) is 0 Å². The lowest BCUT2D eigenvalue weighted by atomic mass is 10.1. The van der Waals surface area contributed by atoms with Gasteiger partial charge in [-0.15, -0.1) is 11.3 Å². The van der Waals surface area contributed by atoms with E-state index < -0.39 is 17.7 Å². The van der Waals surface area contributed by atoms with Crippen LogP contribution in [-0.2, 0) is 16.1 Å². The molecule has 0 radical (unpaired) electrons. The Labute approximate surface area is 217 Å². The normalized spacial score (nSPS) is 15.7. The van der Waals surface area contributed by atoms with E-state index in [9.17, 15) is 14.4 Å². The van der Waals surface area contributed by atoms with Crippen LogP contribution in [0.3, 0.4) is 0 Å². The minimum absolute atomic E-state index is 0.224. The van der Waals surface area contributed by atoms with Gasteiger partial charge in [0.25, 0.3) is 5.91 Å². The molecule has 0 saturated carbocycles. The summed E-state index contributed by atoms with van der Waals surface area (Å²) in [5.74, 6) is -0.580. The van der Waals surface area contributed by atoms with E-state index in [1.807, 2.05) is 17.5 Å². The molecule has 2 aromatic rings. The Morgan fingerprint density at radius 2 is 1.83 bits per heavy atom. The molecule has 9 nitrogen and oxygen atoms in total. The highest BCUT2D eigenvalue weighted by molar-refractivity contribution is 7.09. The number of ether oxygens (including phenoxy) is 1. The number of nitrogens with zero attached hydrogens (tertiary/aromatic N) is 2. The summed E-state index contributed by atoms with van der Waals surface area (Å²) in [6.45, 7) is 10.2. The average molecular weight is 516 g/mol. The molecule has 0 bridgehead atoms. The molecule has 10 heteroatoms. The molecular weight excluding hydrogens is 478 g/mol. The minimum atomic E-state index is -0.782. The first kappa shape index (κ1) is 27.6. The van der Waals surface area contributed by atoms with Gasteiger partial charge in [0, 0.05) is 48.9 Å². The number of amides is 3. The summed E-state index contributed by atoms with van der Waals surface area (Å²) < 4.78 is 5.38. The van der Waals surface area contributed by atoms with Gasteiger partial charge in [0.05, 0.1) is 6.54 Å². The number of carbonyl (C=O) groups excluding carboxylic acids is 3. The van der Waals surface area contributed by atoms with Crippen molar-refractivity contribution in [3.05, 3.63) is 52.2 Å². The summed E-state index contributed by atoms with van der Waals surface area (Å²) in [6, 6.07) is 9.89. The highest BCUT2D eigenvalue weighted by Gasteiger charge is 2.26. The molecule has 1 aromatic heterocycles. The SMILES string of the molecule is CN1CCN(CCC(NC(=O)OC(C)(C)C)C(=O)Nc2cccc(C(=O)NCc3cccs3)c2)CC1. The number of hydrogen-bond acceptors (Lipinski definition) is 7. The maximum atomic E-state index is 13.2. The van der Waals surface area contributed by atoms with Gasteiger partial charge in [-0.05, 0) is 63.9 Å². The Morgan fingerprint density at radius 3 is 2.50 bits per heavy atom. The van der Waals surface area contributed by atoms with E-state index in [0.29, 0.717) is 30.8 Å². The van der Waals surface area contributed by atoms with Crippen molar-refractivity contribution in [2.24, 2.45) is 0 Å². The van der Waals surface area contributed by atoms with Crippen molar-refractivity contribution in [1.82, 2.24) is 20.4 Å². The van der Waals surface area contributed by atoms with Crippen LogP contribution in [-0.4, -0.2) is 79.1 Å². The van der Waals surface area contributed by atoms with E-state index in [1.165, 1.54) is 0 Å². The molecule has 1 aliphatic heterocycles. The van der Waals surface area contributed by atoms with Gasteiger partial charge in [-0.3, -0.25) is 9.59 Å². The van der Waals surface area contributed by atoms with Crippen molar-refractivity contribution in [2.45, 2.75) is 45.4 Å². The van der Waals surface area contributed by atoms with Gasteiger partial charge in [-0.2, -0.15) is 0 Å². The Morgan fingerprint density at radius 1 is 1.08 bits per heavy atom. The molecule has 36 heavy (non-hydrogen) atoms. The average Bonchev–Trinajstić information content (AvgIpc) is 3.34. The maximum absolute atomic E-state index is 13.2. The van der Waals surface area contributed by atoms with Crippen molar-refractivity contribution >= 4 is 34.9 Å². The zero-order chi connectivity index (χ0) is 26.1. The second kappa shape index (κ2) is 12.8. The molecule has 1 saturated heterocycles. The van der Waals surface area contributed by atoms with Crippen LogP contribution >= 0.6 is 11.3 Å². The van der Waals surface area contributed by atoms with E-state index in [2.05, 4.69) is 32.8 Å². The molecule has 1 aliphatic rings. The molecule has 1 atom stereocenters. The predicted molar refractivity (Wildman–Crippen MR) is 142 cm³/mol. The lowest BCUT2D eigenvalue weighted by Crippen LogP contribution is -2.49. The molecule has 1 aromatic carbocycles. The van der Waals surface area contributed by atoms with Crippen LogP contribution in [0.4, 0.5) is 10.5 Å². The van der Waals surface area contributed by atoms with Gasteiger partial charge in [-0.1, -0.05) is 12.1 Å². The first-order valence-corrected chi connectivity index (χ1v) is 13.1. The predicted octanol–water partition coefficient (Wildman–Crippen LogP) is 3.15. The third-order valence-corrected chi connectivity index (χ3v) is 6.61. The monoisotopic (exact) mass is 515 g/mol. The van der Waals surface area contributed by atoms with Crippen molar-refractivity contribution in [3.8, 4) is 0 Å². The van der Waals surface area contributed by atoms with Crippen LogP contribution in [0.2, 0.25) is 0 Å². The van der Waals surface area contributed by atoms with E-state index in [1.54, 1.807) is 56.4 Å². The number of benzene rings is 1. The third-order valence-electron chi connectivity index (χ3n) is 5.73. The van der Waals surface area contributed by atoms with E-state index >= 15 is 0 Å². The van der Waals surface area contributed by atoms with Crippen molar-refractivity contribution in [2.75, 3.05) is 45.1 Å². The Bertz CT molecular complexity index is 1010. The summed E-state index contributed by atoms with van der Waals surface area (Å²) in [7, 11) is 2.09. The maximum Gasteiger partial charge on any atom is 0.408 e. The minimum Gasteiger partial charge on any atom is -0.444 e. The Balaban J connectivity index is 1.62. The number of alkyl carbamates (subject to hydrolysis) is 1. The summed E-state index contributed by atoms with van der Waals surface area (Å²) in [5.41, 5.74) is 0.255. The standard InChI is InChI=1S/C26H37N5O4S/c1-26(2,3)35-25(34)29-22(10-11-31-14-12-30(4)13-15-31)24(33)28-20-8-5-7-19(17-20)23(32)27-18-21-9-6-16-36-21/h5-9,16-17,22H,10-15,18H2,1-4H3,(H,27,32)(H,28,33)(H,29,34).